The lowest BCUT2D eigenvalue weighted by molar-refractivity contribution is 0.0975. The van der Waals surface area contributed by atoms with Gasteiger partial charge in [-0.05, 0) is 31.3 Å². The maximum atomic E-state index is 8.65. The van der Waals surface area contributed by atoms with Crippen LogP contribution in [0.15, 0.2) is 0 Å². The smallest absolute Gasteiger partial charge is 0.133 e. The molecule has 1 unspecified atom stereocenters. The van der Waals surface area contributed by atoms with Crippen LogP contribution >= 0.6 is 11.6 Å². The SMILES string of the molecule is CCC1(CC)CCN(CC(Cl)C#N)CC1. The van der Waals surface area contributed by atoms with Gasteiger partial charge in [0.1, 0.15) is 5.38 Å². The summed E-state index contributed by atoms with van der Waals surface area (Å²) in [5.74, 6) is 0. The van der Waals surface area contributed by atoms with Crippen molar-refractivity contribution in [1.29, 1.82) is 5.26 Å². The van der Waals surface area contributed by atoms with Crippen molar-refractivity contribution in [3.8, 4) is 6.07 Å². The van der Waals surface area contributed by atoms with Gasteiger partial charge in [-0.25, -0.2) is 0 Å². The summed E-state index contributed by atoms with van der Waals surface area (Å²) < 4.78 is 0. The topological polar surface area (TPSA) is 27.0 Å². The molecule has 0 aromatic rings. The molecule has 1 aliphatic rings. The zero-order valence-corrected chi connectivity index (χ0v) is 10.6. The van der Waals surface area contributed by atoms with Gasteiger partial charge in [-0.2, -0.15) is 5.26 Å². The van der Waals surface area contributed by atoms with Crippen LogP contribution < -0.4 is 0 Å². The van der Waals surface area contributed by atoms with Crippen molar-refractivity contribution < 1.29 is 0 Å². The fourth-order valence-electron chi connectivity index (χ4n) is 2.43. The van der Waals surface area contributed by atoms with Gasteiger partial charge < -0.3 is 4.90 Å². The zero-order valence-electron chi connectivity index (χ0n) is 9.80. The molecule has 1 atom stereocenters. The maximum absolute atomic E-state index is 8.65. The lowest BCUT2D eigenvalue weighted by atomic mass is 9.74. The monoisotopic (exact) mass is 228 g/mol. The summed E-state index contributed by atoms with van der Waals surface area (Å²) in [5.41, 5.74) is 0.560. The Kier molecular flexibility index (Phi) is 4.89. The Morgan fingerprint density at radius 3 is 2.27 bits per heavy atom. The van der Waals surface area contributed by atoms with E-state index in [1.165, 1.54) is 25.7 Å². The van der Waals surface area contributed by atoms with Crippen molar-refractivity contribution in [3.63, 3.8) is 0 Å². The van der Waals surface area contributed by atoms with Crippen LogP contribution in [-0.4, -0.2) is 29.9 Å². The molecule has 0 bridgehead atoms. The van der Waals surface area contributed by atoms with Crippen LogP contribution in [0.2, 0.25) is 0 Å². The Morgan fingerprint density at radius 2 is 1.87 bits per heavy atom. The lowest BCUT2D eigenvalue weighted by Crippen LogP contribution is -2.41. The summed E-state index contributed by atoms with van der Waals surface area (Å²) in [7, 11) is 0. The van der Waals surface area contributed by atoms with Crippen molar-refractivity contribution in [3.05, 3.63) is 0 Å². The number of halogens is 1. The Hall–Kier alpha value is -0.260. The molecule has 0 aliphatic carbocycles. The molecule has 1 rings (SSSR count). The molecule has 2 nitrogen and oxygen atoms in total. The second kappa shape index (κ2) is 5.72. The molecule has 1 heterocycles. The number of alkyl halides is 1. The van der Waals surface area contributed by atoms with Gasteiger partial charge in [0.15, 0.2) is 0 Å². The van der Waals surface area contributed by atoms with Crippen LogP contribution in [0.4, 0.5) is 0 Å². The molecule has 0 saturated carbocycles. The maximum Gasteiger partial charge on any atom is 0.133 e. The fourth-order valence-corrected chi connectivity index (χ4v) is 2.63. The highest BCUT2D eigenvalue weighted by atomic mass is 35.5. The first-order valence-electron chi connectivity index (χ1n) is 5.92. The minimum atomic E-state index is -0.347. The van der Waals surface area contributed by atoms with Gasteiger partial charge in [0.2, 0.25) is 0 Å². The largest absolute Gasteiger partial charge is 0.301 e. The molecule has 15 heavy (non-hydrogen) atoms. The molecule has 1 saturated heterocycles. The van der Waals surface area contributed by atoms with E-state index < -0.39 is 0 Å². The van der Waals surface area contributed by atoms with Gasteiger partial charge in [-0.3, -0.25) is 0 Å². The van der Waals surface area contributed by atoms with Crippen LogP contribution in [0.3, 0.4) is 0 Å². The molecular weight excluding hydrogens is 208 g/mol. The second-order valence-electron chi connectivity index (χ2n) is 4.60. The molecule has 0 aromatic heterocycles. The van der Waals surface area contributed by atoms with Gasteiger partial charge in [0.25, 0.3) is 0 Å². The highest BCUT2D eigenvalue weighted by Crippen LogP contribution is 2.37. The average molecular weight is 229 g/mol. The third kappa shape index (κ3) is 3.36. The number of hydrogen-bond donors (Lipinski definition) is 0. The van der Waals surface area contributed by atoms with Gasteiger partial charge >= 0.3 is 0 Å². The third-order valence-corrected chi connectivity index (χ3v) is 4.21. The quantitative estimate of drug-likeness (QED) is 0.692. The van der Waals surface area contributed by atoms with Crippen molar-refractivity contribution >= 4 is 11.6 Å². The van der Waals surface area contributed by atoms with Crippen LogP contribution in [0.25, 0.3) is 0 Å². The van der Waals surface area contributed by atoms with Gasteiger partial charge in [0, 0.05) is 6.54 Å². The van der Waals surface area contributed by atoms with Gasteiger partial charge in [0.05, 0.1) is 6.07 Å². The van der Waals surface area contributed by atoms with Crippen molar-refractivity contribution in [1.82, 2.24) is 4.90 Å². The molecule has 3 heteroatoms. The minimum Gasteiger partial charge on any atom is -0.301 e. The van der Waals surface area contributed by atoms with Crippen molar-refractivity contribution in [2.24, 2.45) is 5.41 Å². The fraction of sp³-hybridized carbons (Fsp3) is 0.917. The highest BCUT2D eigenvalue weighted by Gasteiger charge is 2.31. The standard InChI is InChI=1S/C12H21ClN2/c1-3-12(4-2)5-7-15(8-6-12)10-11(13)9-14/h11H,3-8,10H2,1-2H3. The molecule has 1 fully saturated rings. The number of piperidine rings is 1. The number of nitrogens with zero attached hydrogens (tertiary/aromatic N) is 2. The second-order valence-corrected chi connectivity index (χ2v) is 5.13. The molecule has 0 N–H and O–H groups in total. The van der Waals surface area contributed by atoms with E-state index in [1.54, 1.807) is 0 Å². The highest BCUT2D eigenvalue weighted by molar-refractivity contribution is 6.22. The Balaban J connectivity index is 2.39. The summed E-state index contributed by atoms with van der Waals surface area (Å²) in [6.07, 6.45) is 5.07. The molecule has 1 aliphatic heterocycles. The van der Waals surface area contributed by atoms with E-state index in [1.807, 2.05) is 0 Å². The first-order chi connectivity index (χ1) is 7.15. The van der Waals surface area contributed by atoms with E-state index in [0.717, 1.165) is 19.6 Å². The van der Waals surface area contributed by atoms with E-state index in [9.17, 15) is 0 Å². The van der Waals surface area contributed by atoms with Crippen LogP contribution in [0.1, 0.15) is 39.5 Å². The summed E-state index contributed by atoms with van der Waals surface area (Å²) >= 11 is 5.83. The Bertz CT molecular complexity index is 220. The molecule has 0 radical (unpaired) electrons. The normalized spacial score (nSPS) is 23.3. The van der Waals surface area contributed by atoms with E-state index in [0.29, 0.717) is 5.41 Å². The number of likely N-dealkylation sites (tertiary alicyclic amines) is 1. The summed E-state index contributed by atoms with van der Waals surface area (Å²) in [6.45, 7) is 7.51. The molecular formula is C12H21ClN2. The van der Waals surface area contributed by atoms with Crippen LogP contribution in [-0.2, 0) is 0 Å². The molecule has 0 amide bonds. The van der Waals surface area contributed by atoms with Crippen molar-refractivity contribution in [2.75, 3.05) is 19.6 Å². The summed E-state index contributed by atoms with van der Waals surface area (Å²) in [4.78, 5) is 2.32. The summed E-state index contributed by atoms with van der Waals surface area (Å²) in [6, 6.07) is 2.08. The third-order valence-electron chi connectivity index (χ3n) is 3.98. The van der Waals surface area contributed by atoms with E-state index in [2.05, 4.69) is 24.8 Å². The van der Waals surface area contributed by atoms with E-state index in [-0.39, 0.29) is 5.38 Å². The molecule has 86 valence electrons. The Morgan fingerprint density at radius 1 is 1.33 bits per heavy atom. The van der Waals surface area contributed by atoms with Gasteiger partial charge in [-0.15, -0.1) is 11.6 Å². The van der Waals surface area contributed by atoms with Crippen LogP contribution in [0, 0.1) is 16.7 Å². The lowest BCUT2D eigenvalue weighted by Gasteiger charge is -2.41. The zero-order chi connectivity index (χ0) is 11.3. The first-order valence-corrected chi connectivity index (χ1v) is 6.35. The Labute approximate surface area is 98.2 Å². The summed E-state index contributed by atoms with van der Waals surface area (Å²) in [5, 5.41) is 8.31. The number of nitriles is 1. The van der Waals surface area contributed by atoms with Crippen molar-refractivity contribution in [2.45, 2.75) is 44.9 Å². The number of hydrogen-bond acceptors (Lipinski definition) is 2. The first kappa shape index (κ1) is 12.8. The molecule has 0 spiro atoms. The number of rotatable bonds is 4. The predicted octanol–water partition coefficient (Wildman–Crippen LogP) is 3.02. The van der Waals surface area contributed by atoms with Gasteiger partial charge in [-0.1, -0.05) is 26.7 Å². The van der Waals surface area contributed by atoms with E-state index in [4.69, 9.17) is 16.9 Å². The van der Waals surface area contributed by atoms with Crippen LogP contribution in [0.5, 0.6) is 0 Å². The average Bonchev–Trinajstić information content (AvgIpc) is 2.30. The predicted molar refractivity (Wildman–Crippen MR) is 63.9 cm³/mol. The van der Waals surface area contributed by atoms with E-state index >= 15 is 0 Å². The molecule has 0 aromatic carbocycles. The minimum absolute atomic E-state index is 0.347.